The van der Waals surface area contributed by atoms with E-state index in [9.17, 15) is 9.18 Å². The lowest BCUT2D eigenvalue weighted by Gasteiger charge is -2.05. The standard InChI is InChI=1S/C20H18ClFN4O2/c1-14-16(20(21)26(25-14)12-15-7-3-2-4-8-15)11-23-24-19(27)13-28-18-10-6-5-9-17(18)22/h2-11H,12-13H2,1H3,(H,24,27)/b23-11+. The second-order valence-electron chi connectivity index (χ2n) is 5.95. The Hall–Kier alpha value is -3.19. The summed E-state index contributed by atoms with van der Waals surface area (Å²) in [5.41, 5.74) is 4.67. The molecule has 0 saturated carbocycles. The first-order valence-corrected chi connectivity index (χ1v) is 8.88. The fourth-order valence-corrected chi connectivity index (χ4v) is 2.76. The maximum absolute atomic E-state index is 13.5. The van der Waals surface area contributed by atoms with Crippen LogP contribution in [0.5, 0.6) is 5.75 Å². The van der Waals surface area contributed by atoms with Gasteiger partial charge in [0.05, 0.1) is 24.0 Å². The number of carbonyl (C=O) groups excluding carboxylic acids is 1. The van der Waals surface area contributed by atoms with Gasteiger partial charge in [-0.2, -0.15) is 10.2 Å². The molecule has 1 heterocycles. The van der Waals surface area contributed by atoms with Crippen LogP contribution in [0, 0.1) is 12.7 Å². The highest BCUT2D eigenvalue weighted by Gasteiger charge is 2.12. The molecule has 0 saturated heterocycles. The maximum atomic E-state index is 13.5. The fraction of sp³-hybridized carbons (Fsp3) is 0.150. The molecule has 0 bridgehead atoms. The Balaban J connectivity index is 1.58. The zero-order valence-electron chi connectivity index (χ0n) is 15.1. The molecular formula is C20H18ClFN4O2. The Morgan fingerprint density at radius 2 is 1.96 bits per heavy atom. The van der Waals surface area contributed by atoms with Gasteiger partial charge in [-0.15, -0.1) is 0 Å². The number of halogens is 2. The van der Waals surface area contributed by atoms with E-state index in [1.165, 1.54) is 24.4 Å². The molecule has 144 valence electrons. The van der Waals surface area contributed by atoms with Crippen LogP contribution >= 0.6 is 11.6 Å². The van der Waals surface area contributed by atoms with Crippen LogP contribution in [-0.2, 0) is 11.3 Å². The second kappa shape index (κ2) is 9.14. The largest absolute Gasteiger partial charge is 0.481 e. The van der Waals surface area contributed by atoms with Crippen LogP contribution in [0.1, 0.15) is 16.8 Å². The molecule has 8 heteroatoms. The minimum atomic E-state index is -0.535. The lowest BCUT2D eigenvalue weighted by atomic mass is 10.2. The topological polar surface area (TPSA) is 68.5 Å². The van der Waals surface area contributed by atoms with E-state index in [0.717, 1.165) is 5.56 Å². The van der Waals surface area contributed by atoms with Crippen molar-refractivity contribution in [3.8, 4) is 5.75 Å². The van der Waals surface area contributed by atoms with Gasteiger partial charge in [-0.3, -0.25) is 4.79 Å². The van der Waals surface area contributed by atoms with Crippen molar-refractivity contribution in [1.29, 1.82) is 0 Å². The minimum absolute atomic E-state index is 0.00251. The van der Waals surface area contributed by atoms with Crippen molar-refractivity contribution in [1.82, 2.24) is 15.2 Å². The predicted molar refractivity (Wildman–Crippen MR) is 105 cm³/mol. The summed E-state index contributed by atoms with van der Waals surface area (Å²) >= 11 is 6.38. The monoisotopic (exact) mass is 400 g/mol. The lowest BCUT2D eigenvalue weighted by Crippen LogP contribution is -2.24. The van der Waals surface area contributed by atoms with Crippen LogP contribution in [0.4, 0.5) is 4.39 Å². The SMILES string of the molecule is Cc1nn(Cc2ccccc2)c(Cl)c1/C=N/NC(=O)COc1ccccc1F. The number of carbonyl (C=O) groups is 1. The van der Waals surface area contributed by atoms with E-state index >= 15 is 0 Å². The molecule has 3 aromatic rings. The van der Waals surface area contributed by atoms with Crippen molar-refractivity contribution >= 4 is 23.7 Å². The maximum Gasteiger partial charge on any atom is 0.277 e. The number of para-hydroxylation sites is 1. The minimum Gasteiger partial charge on any atom is -0.481 e. The van der Waals surface area contributed by atoms with E-state index in [1.807, 2.05) is 30.3 Å². The molecule has 0 aliphatic heterocycles. The van der Waals surface area contributed by atoms with Crippen molar-refractivity contribution in [2.45, 2.75) is 13.5 Å². The van der Waals surface area contributed by atoms with Crippen LogP contribution in [0.25, 0.3) is 0 Å². The van der Waals surface area contributed by atoms with Crippen LogP contribution in [0.15, 0.2) is 59.7 Å². The van der Waals surface area contributed by atoms with Crippen molar-refractivity contribution in [3.63, 3.8) is 0 Å². The molecule has 1 amide bonds. The van der Waals surface area contributed by atoms with Crippen molar-refractivity contribution < 1.29 is 13.9 Å². The molecule has 3 rings (SSSR count). The summed E-state index contributed by atoms with van der Waals surface area (Å²) in [5, 5.41) is 8.70. The Labute approximate surface area is 166 Å². The summed E-state index contributed by atoms with van der Waals surface area (Å²) in [6, 6.07) is 15.6. The third-order valence-electron chi connectivity index (χ3n) is 3.86. The van der Waals surface area contributed by atoms with Gasteiger partial charge in [0, 0.05) is 0 Å². The van der Waals surface area contributed by atoms with Crippen molar-refractivity contribution in [3.05, 3.63) is 82.4 Å². The van der Waals surface area contributed by atoms with Gasteiger partial charge in [0.1, 0.15) is 5.15 Å². The Bertz CT molecular complexity index is 989. The number of aryl methyl sites for hydroxylation is 1. The molecule has 28 heavy (non-hydrogen) atoms. The first kappa shape index (κ1) is 19.6. The number of nitrogens with zero attached hydrogens (tertiary/aromatic N) is 3. The quantitative estimate of drug-likeness (QED) is 0.487. The molecule has 1 N–H and O–H groups in total. The summed E-state index contributed by atoms with van der Waals surface area (Å²) < 4.78 is 20.2. The van der Waals surface area contributed by atoms with Gasteiger partial charge in [-0.05, 0) is 24.6 Å². The molecule has 0 radical (unpaired) electrons. The van der Waals surface area contributed by atoms with Crippen LogP contribution in [0.3, 0.4) is 0 Å². The Morgan fingerprint density at radius 1 is 1.25 bits per heavy atom. The fourth-order valence-electron chi connectivity index (χ4n) is 2.48. The first-order chi connectivity index (χ1) is 13.5. The third-order valence-corrected chi connectivity index (χ3v) is 4.26. The van der Waals surface area contributed by atoms with Crippen molar-refractivity contribution in [2.75, 3.05) is 6.61 Å². The van der Waals surface area contributed by atoms with Crippen molar-refractivity contribution in [2.24, 2.45) is 5.10 Å². The number of benzene rings is 2. The smallest absolute Gasteiger partial charge is 0.277 e. The van der Waals surface area contributed by atoms with E-state index in [0.29, 0.717) is 23.0 Å². The van der Waals surface area contributed by atoms with E-state index in [2.05, 4.69) is 15.6 Å². The van der Waals surface area contributed by atoms with Gasteiger partial charge in [0.25, 0.3) is 5.91 Å². The summed E-state index contributed by atoms with van der Waals surface area (Å²) in [5.74, 6) is -1.06. The molecule has 1 aromatic heterocycles. The number of amides is 1. The zero-order chi connectivity index (χ0) is 19.9. The molecule has 0 atom stereocenters. The third kappa shape index (κ3) is 4.95. The zero-order valence-corrected chi connectivity index (χ0v) is 15.9. The van der Waals surface area contributed by atoms with E-state index < -0.39 is 11.7 Å². The number of rotatable bonds is 7. The molecule has 6 nitrogen and oxygen atoms in total. The van der Waals surface area contributed by atoms with Gasteiger partial charge >= 0.3 is 0 Å². The van der Waals surface area contributed by atoms with Gasteiger partial charge in [0.15, 0.2) is 18.2 Å². The number of hydrazone groups is 1. The number of ether oxygens (including phenoxy) is 1. The molecule has 0 unspecified atom stereocenters. The Morgan fingerprint density at radius 3 is 2.71 bits per heavy atom. The highest BCUT2D eigenvalue weighted by molar-refractivity contribution is 6.32. The normalized spacial score (nSPS) is 11.0. The van der Waals surface area contributed by atoms with Crippen LogP contribution in [-0.4, -0.2) is 28.5 Å². The summed E-state index contributed by atoms with van der Waals surface area (Å²) in [4.78, 5) is 11.8. The van der Waals surface area contributed by atoms with E-state index in [1.54, 1.807) is 17.7 Å². The highest BCUT2D eigenvalue weighted by atomic mass is 35.5. The molecular weight excluding hydrogens is 383 g/mol. The van der Waals surface area contributed by atoms with E-state index in [-0.39, 0.29) is 12.4 Å². The number of aromatic nitrogens is 2. The number of nitrogens with one attached hydrogen (secondary N) is 1. The molecule has 0 aliphatic carbocycles. The lowest BCUT2D eigenvalue weighted by molar-refractivity contribution is -0.123. The van der Waals surface area contributed by atoms with Crippen LogP contribution < -0.4 is 10.2 Å². The highest BCUT2D eigenvalue weighted by Crippen LogP contribution is 2.19. The average Bonchev–Trinajstić information content (AvgIpc) is 2.95. The van der Waals surface area contributed by atoms with Gasteiger partial charge < -0.3 is 4.74 Å². The van der Waals surface area contributed by atoms with Gasteiger partial charge in [-0.25, -0.2) is 14.5 Å². The molecule has 0 fully saturated rings. The average molecular weight is 401 g/mol. The van der Waals surface area contributed by atoms with Crippen LogP contribution in [0.2, 0.25) is 5.15 Å². The summed E-state index contributed by atoms with van der Waals surface area (Å²) in [6.07, 6.45) is 1.42. The number of hydrogen-bond donors (Lipinski definition) is 1. The first-order valence-electron chi connectivity index (χ1n) is 8.50. The molecule has 0 aliphatic rings. The second-order valence-corrected chi connectivity index (χ2v) is 6.30. The predicted octanol–water partition coefficient (Wildman–Crippen LogP) is 3.56. The van der Waals surface area contributed by atoms with Gasteiger partial charge in [0.2, 0.25) is 0 Å². The van der Waals surface area contributed by atoms with Gasteiger partial charge in [-0.1, -0.05) is 54.1 Å². The number of hydrogen-bond acceptors (Lipinski definition) is 4. The summed E-state index contributed by atoms with van der Waals surface area (Å²) in [6.45, 7) is 1.97. The van der Waals surface area contributed by atoms with E-state index in [4.69, 9.17) is 16.3 Å². The Kier molecular flexibility index (Phi) is 6.39. The summed E-state index contributed by atoms with van der Waals surface area (Å²) in [7, 11) is 0. The molecule has 2 aromatic carbocycles. The molecule has 0 spiro atoms.